The smallest absolute Gasteiger partial charge is 0.0830 e. The maximum absolute atomic E-state index is 4.17. The van der Waals surface area contributed by atoms with Crippen molar-refractivity contribution in [3.63, 3.8) is 0 Å². The molecular formula is C11H18BrN3. The Morgan fingerprint density at radius 1 is 1.40 bits per heavy atom. The van der Waals surface area contributed by atoms with E-state index in [-0.39, 0.29) is 0 Å². The first kappa shape index (κ1) is 11.1. The Labute approximate surface area is 99.4 Å². The molecule has 4 heteroatoms. The molecule has 2 unspecified atom stereocenters. The van der Waals surface area contributed by atoms with E-state index in [0.717, 1.165) is 18.0 Å². The minimum absolute atomic E-state index is 0.669. The number of hydrogen-bond acceptors (Lipinski definition) is 2. The number of aromatic nitrogens is 3. The highest BCUT2D eigenvalue weighted by Gasteiger charge is 2.22. The second kappa shape index (κ2) is 5.10. The van der Waals surface area contributed by atoms with Crippen LogP contribution in [-0.2, 0) is 13.5 Å². The van der Waals surface area contributed by atoms with Crippen molar-refractivity contribution in [1.29, 1.82) is 0 Å². The van der Waals surface area contributed by atoms with Crippen molar-refractivity contribution in [2.75, 3.05) is 0 Å². The average Bonchev–Trinajstić information content (AvgIpc) is 2.50. The Hall–Kier alpha value is -0.380. The largest absolute Gasteiger partial charge is 0.255 e. The molecule has 0 N–H and O–H groups in total. The van der Waals surface area contributed by atoms with Gasteiger partial charge in [0.1, 0.15) is 0 Å². The second-order valence-electron chi connectivity index (χ2n) is 4.50. The van der Waals surface area contributed by atoms with Gasteiger partial charge in [-0.3, -0.25) is 4.68 Å². The zero-order valence-electron chi connectivity index (χ0n) is 9.19. The topological polar surface area (TPSA) is 30.7 Å². The van der Waals surface area contributed by atoms with Crippen LogP contribution in [0, 0.1) is 5.92 Å². The molecule has 0 radical (unpaired) electrons. The van der Waals surface area contributed by atoms with Gasteiger partial charge in [0.25, 0.3) is 0 Å². The summed E-state index contributed by atoms with van der Waals surface area (Å²) in [6.45, 7) is 0. The highest BCUT2D eigenvalue weighted by atomic mass is 79.9. The van der Waals surface area contributed by atoms with Gasteiger partial charge in [-0.25, -0.2) is 0 Å². The molecule has 1 saturated carbocycles. The van der Waals surface area contributed by atoms with Crippen molar-refractivity contribution in [2.24, 2.45) is 13.0 Å². The number of alkyl halides is 1. The fraction of sp³-hybridized carbons (Fsp3) is 0.818. The summed E-state index contributed by atoms with van der Waals surface area (Å²) in [6, 6.07) is 0. The lowest BCUT2D eigenvalue weighted by molar-refractivity contribution is 0.470. The van der Waals surface area contributed by atoms with Gasteiger partial charge >= 0.3 is 0 Å². The van der Waals surface area contributed by atoms with Gasteiger partial charge in [-0.2, -0.15) is 0 Å². The predicted octanol–water partition coefficient (Wildman–Crippen LogP) is 2.70. The summed E-state index contributed by atoms with van der Waals surface area (Å²) in [5.41, 5.74) is 1.13. The van der Waals surface area contributed by atoms with E-state index < -0.39 is 0 Å². The van der Waals surface area contributed by atoms with Crippen LogP contribution in [-0.4, -0.2) is 19.8 Å². The molecule has 0 aromatic carbocycles. The van der Waals surface area contributed by atoms with Crippen LogP contribution in [0.25, 0.3) is 0 Å². The third-order valence-electron chi connectivity index (χ3n) is 3.19. The van der Waals surface area contributed by atoms with Crippen LogP contribution in [0.15, 0.2) is 6.20 Å². The third kappa shape index (κ3) is 3.03. The first-order valence-corrected chi connectivity index (χ1v) is 6.66. The van der Waals surface area contributed by atoms with Crippen molar-refractivity contribution < 1.29 is 0 Å². The highest BCUT2D eigenvalue weighted by molar-refractivity contribution is 9.09. The molecule has 0 amide bonds. The van der Waals surface area contributed by atoms with Crippen LogP contribution in [0.5, 0.6) is 0 Å². The van der Waals surface area contributed by atoms with Crippen LogP contribution < -0.4 is 0 Å². The van der Waals surface area contributed by atoms with E-state index in [0.29, 0.717) is 4.83 Å². The molecule has 1 aromatic heterocycles. The lowest BCUT2D eigenvalue weighted by atomic mass is 9.95. The molecule has 1 fully saturated rings. The molecule has 0 saturated heterocycles. The van der Waals surface area contributed by atoms with Crippen molar-refractivity contribution >= 4 is 15.9 Å². The zero-order valence-corrected chi connectivity index (χ0v) is 10.8. The van der Waals surface area contributed by atoms with E-state index in [4.69, 9.17) is 0 Å². The van der Waals surface area contributed by atoms with Crippen molar-refractivity contribution in [2.45, 2.75) is 43.4 Å². The van der Waals surface area contributed by atoms with Crippen LogP contribution >= 0.6 is 15.9 Å². The van der Waals surface area contributed by atoms with Crippen LogP contribution in [0.4, 0.5) is 0 Å². The molecule has 1 heterocycles. The summed E-state index contributed by atoms with van der Waals surface area (Å²) in [4.78, 5) is 0.669. The number of hydrogen-bond donors (Lipinski definition) is 0. The molecule has 3 nitrogen and oxygen atoms in total. The zero-order chi connectivity index (χ0) is 10.7. The average molecular weight is 272 g/mol. The van der Waals surface area contributed by atoms with Crippen LogP contribution in [0.2, 0.25) is 0 Å². The lowest BCUT2D eigenvalue weighted by Crippen LogP contribution is -2.15. The minimum atomic E-state index is 0.669. The number of rotatable bonds is 2. The number of aryl methyl sites for hydroxylation is 1. The molecule has 15 heavy (non-hydrogen) atoms. The number of nitrogens with zero attached hydrogens (tertiary/aromatic N) is 3. The molecular weight excluding hydrogens is 254 g/mol. The molecule has 1 aromatic rings. The summed E-state index contributed by atoms with van der Waals surface area (Å²) in [6.07, 6.45) is 9.87. The Bertz CT molecular complexity index is 311. The second-order valence-corrected chi connectivity index (χ2v) is 5.68. The Balaban J connectivity index is 1.97. The highest BCUT2D eigenvalue weighted by Crippen LogP contribution is 2.30. The van der Waals surface area contributed by atoms with E-state index in [1.165, 1.54) is 32.1 Å². The van der Waals surface area contributed by atoms with E-state index in [2.05, 4.69) is 26.2 Å². The van der Waals surface area contributed by atoms with E-state index in [1.54, 1.807) is 4.68 Å². The maximum atomic E-state index is 4.17. The van der Waals surface area contributed by atoms with Crippen molar-refractivity contribution in [1.82, 2.24) is 15.0 Å². The molecule has 84 valence electrons. The van der Waals surface area contributed by atoms with Gasteiger partial charge in [-0.1, -0.05) is 40.4 Å². The van der Waals surface area contributed by atoms with Crippen molar-refractivity contribution in [3.8, 4) is 0 Å². The summed E-state index contributed by atoms with van der Waals surface area (Å²) in [7, 11) is 1.93. The molecule has 2 rings (SSSR count). The van der Waals surface area contributed by atoms with Gasteiger partial charge in [0.15, 0.2) is 0 Å². The van der Waals surface area contributed by atoms with E-state index in [9.17, 15) is 0 Å². The minimum Gasteiger partial charge on any atom is -0.255 e. The fourth-order valence-corrected chi connectivity index (χ4v) is 3.10. The van der Waals surface area contributed by atoms with E-state index in [1.807, 2.05) is 13.2 Å². The summed E-state index contributed by atoms with van der Waals surface area (Å²) in [5.74, 6) is 0.740. The first-order chi connectivity index (χ1) is 7.25. The quantitative estimate of drug-likeness (QED) is 0.612. The molecule has 2 atom stereocenters. The monoisotopic (exact) mass is 271 g/mol. The Kier molecular flexibility index (Phi) is 3.78. The summed E-state index contributed by atoms with van der Waals surface area (Å²) < 4.78 is 1.79. The predicted molar refractivity (Wildman–Crippen MR) is 64.0 cm³/mol. The molecule has 1 aliphatic carbocycles. The van der Waals surface area contributed by atoms with Crippen LogP contribution in [0.1, 0.15) is 37.8 Å². The van der Waals surface area contributed by atoms with Gasteiger partial charge in [0.05, 0.1) is 5.69 Å². The number of halogens is 1. The molecule has 1 aliphatic rings. The Morgan fingerprint density at radius 2 is 2.20 bits per heavy atom. The fourth-order valence-electron chi connectivity index (χ4n) is 2.33. The van der Waals surface area contributed by atoms with Gasteiger partial charge in [-0.15, -0.1) is 5.10 Å². The standard InChI is InChI=1S/C11H18BrN3/c1-15-8-10(13-14-15)7-9-5-3-2-4-6-11(9)12/h8-9,11H,2-7H2,1H3. The maximum Gasteiger partial charge on any atom is 0.0830 e. The first-order valence-electron chi connectivity index (χ1n) is 5.75. The molecule has 0 spiro atoms. The summed E-state index contributed by atoms with van der Waals surface area (Å²) >= 11 is 3.81. The Morgan fingerprint density at radius 3 is 2.93 bits per heavy atom. The van der Waals surface area contributed by atoms with Gasteiger partial charge in [0.2, 0.25) is 0 Å². The van der Waals surface area contributed by atoms with Crippen molar-refractivity contribution in [3.05, 3.63) is 11.9 Å². The normalized spacial score (nSPS) is 27.6. The molecule has 0 aliphatic heterocycles. The lowest BCUT2D eigenvalue weighted by Gasteiger charge is -2.18. The van der Waals surface area contributed by atoms with Gasteiger partial charge < -0.3 is 0 Å². The SMILES string of the molecule is Cn1cc(CC2CCCCCC2Br)nn1. The van der Waals surface area contributed by atoms with Gasteiger partial charge in [0, 0.05) is 18.1 Å². The summed E-state index contributed by atoms with van der Waals surface area (Å²) in [5, 5.41) is 8.15. The van der Waals surface area contributed by atoms with E-state index >= 15 is 0 Å². The molecule has 0 bridgehead atoms. The third-order valence-corrected chi connectivity index (χ3v) is 4.39. The van der Waals surface area contributed by atoms with Gasteiger partial charge in [-0.05, 0) is 25.2 Å². The van der Waals surface area contributed by atoms with Crippen LogP contribution in [0.3, 0.4) is 0 Å².